The second kappa shape index (κ2) is 5.14. The number of alkyl halides is 3. The highest BCUT2D eigenvalue weighted by atomic mass is 79.9. The van der Waals surface area contributed by atoms with E-state index in [0.29, 0.717) is 15.9 Å². The Hall–Kier alpha value is -0.0600. The third-order valence-electron chi connectivity index (χ3n) is 1.44. The van der Waals surface area contributed by atoms with Crippen molar-refractivity contribution in [2.45, 2.75) is 11.9 Å². The van der Waals surface area contributed by atoms with E-state index in [2.05, 4.69) is 20.7 Å². The molecule has 0 heterocycles. The van der Waals surface area contributed by atoms with Crippen molar-refractivity contribution in [1.29, 1.82) is 0 Å². The molecule has 0 amide bonds. The van der Waals surface area contributed by atoms with Crippen LogP contribution in [0.4, 0.5) is 8.78 Å². The van der Waals surface area contributed by atoms with E-state index < -0.39 is 6.61 Å². The van der Waals surface area contributed by atoms with Crippen LogP contribution >= 0.6 is 39.1 Å². The van der Waals surface area contributed by atoms with Gasteiger partial charge in [0.15, 0.2) is 0 Å². The van der Waals surface area contributed by atoms with E-state index in [0.717, 1.165) is 0 Å². The lowest BCUT2D eigenvalue weighted by molar-refractivity contribution is -0.0502. The SMILES string of the molecule is FC(F)Oc1c(Cl)cc(Cl)cc1CBr. The van der Waals surface area contributed by atoms with Crippen LogP contribution in [-0.4, -0.2) is 6.61 Å². The van der Waals surface area contributed by atoms with Crippen molar-refractivity contribution in [2.24, 2.45) is 0 Å². The highest BCUT2D eigenvalue weighted by Gasteiger charge is 2.14. The van der Waals surface area contributed by atoms with E-state index in [1.807, 2.05) is 0 Å². The van der Waals surface area contributed by atoms with Crippen molar-refractivity contribution in [2.75, 3.05) is 0 Å². The zero-order chi connectivity index (χ0) is 10.7. The zero-order valence-corrected chi connectivity index (χ0v) is 9.84. The summed E-state index contributed by atoms with van der Waals surface area (Å²) in [5.41, 5.74) is 0.489. The molecule has 0 aromatic heterocycles. The predicted octanol–water partition coefficient (Wildman–Crippen LogP) is 4.49. The molecule has 0 unspecified atom stereocenters. The molecule has 0 saturated carbocycles. The highest BCUT2D eigenvalue weighted by molar-refractivity contribution is 9.08. The number of ether oxygens (including phenoxy) is 1. The first-order valence-corrected chi connectivity index (χ1v) is 5.41. The van der Waals surface area contributed by atoms with E-state index in [-0.39, 0.29) is 10.8 Å². The number of halogens is 5. The lowest BCUT2D eigenvalue weighted by atomic mass is 10.2. The first kappa shape index (κ1) is 12.0. The molecule has 78 valence electrons. The molecule has 0 atom stereocenters. The minimum atomic E-state index is -2.90. The van der Waals surface area contributed by atoms with E-state index >= 15 is 0 Å². The molecule has 1 aromatic rings. The topological polar surface area (TPSA) is 9.23 Å². The molecule has 0 bridgehead atoms. The second-order valence-electron chi connectivity index (χ2n) is 2.39. The molecule has 14 heavy (non-hydrogen) atoms. The van der Waals surface area contributed by atoms with Gasteiger partial charge in [0.05, 0.1) is 5.02 Å². The molecule has 1 aromatic carbocycles. The maximum Gasteiger partial charge on any atom is 0.387 e. The van der Waals surface area contributed by atoms with Gasteiger partial charge in [-0.15, -0.1) is 0 Å². The molecule has 1 rings (SSSR count). The lowest BCUT2D eigenvalue weighted by Gasteiger charge is -2.11. The minimum Gasteiger partial charge on any atom is -0.433 e. The maximum absolute atomic E-state index is 12.0. The zero-order valence-electron chi connectivity index (χ0n) is 6.74. The van der Waals surface area contributed by atoms with Gasteiger partial charge in [-0.25, -0.2) is 0 Å². The van der Waals surface area contributed by atoms with Gasteiger partial charge in [0.1, 0.15) is 5.75 Å². The third kappa shape index (κ3) is 2.97. The van der Waals surface area contributed by atoms with E-state index in [1.54, 1.807) is 0 Å². The summed E-state index contributed by atoms with van der Waals surface area (Å²) in [6, 6.07) is 2.87. The molecule has 0 aliphatic rings. The van der Waals surface area contributed by atoms with Crippen LogP contribution in [0.15, 0.2) is 12.1 Å². The molecular weight excluding hydrogens is 301 g/mol. The predicted molar refractivity (Wildman–Crippen MR) is 55.7 cm³/mol. The van der Waals surface area contributed by atoms with Gasteiger partial charge < -0.3 is 4.74 Å². The minimum absolute atomic E-state index is 0.0389. The normalized spacial score (nSPS) is 10.7. The molecule has 6 heteroatoms. The van der Waals surface area contributed by atoms with Crippen LogP contribution in [-0.2, 0) is 5.33 Å². The van der Waals surface area contributed by atoms with Crippen molar-refractivity contribution in [3.8, 4) is 5.75 Å². The average Bonchev–Trinajstić information content (AvgIpc) is 2.08. The molecule has 0 fully saturated rings. The lowest BCUT2D eigenvalue weighted by Crippen LogP contribution is -2.04. The molecule has 0 N–H and O–H groups in total. The second-order valence-corrected chi connectivity index (χ2v) is 3.79. The Labute approximate surface area is 98.1 Å². The van der Waals surface area contributed by atoms with Crippen LogP contribution in [0.3, 0.4) is 0 Å². The Kier molecular flexibility index (Phi) is 4.41. The summed E-state index contributed by atoms with van der Waals surface area (Å²) in [5, 5.41) is 0.799. The molecule has 0 aliphatic carbocycles. The van der Waals surface area contributed by atoms with Crippen LogP contribution in [0.25, 0.3) is 0 Å². The summed E-state index contributed by atoms with van der Waals surface area (Å²) in [5.74, 6) is -0.0389. The van der Waals surface area contributed by atoms with Gasteiger partial charge in [0, 0.05) is 15.9 Å². The van der Waals surface area contributed by atoms with Gasteiger partial charge >= 0.3 is 6.61 Å². The fraction of sp³-hybridized carbons (Fsp3) is 0.250. The average molecular weight is 306 g/mol. The van der Waals surface area contributed by atoms with Gasteiger partial charge in [-0.2, -0.15) is 8.78 Å². The molecular formula is C8H5BrCl2F2O. The van der Waals surface area contributed by atoms with Gasteiger partial charge in [-0.3, -0.25) is 0 Å². The maximum atomic E-state index is 12.0. The Morgan fingerprint density at radius 1 is 1.36 bits per heavy atom. The van der Waals surface area contributed by atoms with Crippen molar-refractivity contribution in [1.82, 2.24) is 0 Å². The van der Waals surface area contributed by atoms with Crippen LogP contribution in [0.5, 0.6) is 5.75 Å². The van der Waals surface area contributed by atoms with Gasteiger partial charge in [0.25, 0.3) is 0 Å². The summed E-state index contributed by atoms with van der Waals surface area (Å²) in [6.45, 7) is -2.90. The number of benzene rings is 1. The third-order valence-corrected chi connectivity index (χ3v) is 2.54. The number of rotatable bonds is 3. The highest BCUT2D eigenvalue weighted by Crippen LogP contribution is 2.34. The fourth-order valence-corrected chi connectivity index (χ4v) is 1.93. The van der Waals surface area contributed by atoms with Crippen molar-refractivity contribution < 1.29 is 13.5 Å². The largest absolute Gasteiger partial charge is 0.433 e. The summed E-state index contributed by atoms with van der Waals surface area (Å²) >= 11 is 14.5. The summed E-state index contributed by atoms with van der Waals surface area (Å²) in [7, 11) is 0. The molecule has 0 spiro atoms. The van der Waals surface area contributed by atoms with Crippen molar-refractivity contribution >= 4 is 39.1 Å². The molecule has 0 saturated heterocycles. The van der Waals surface area contributed by atoms with E-state index in [4.69, 9.17) is 23.2 Å². The Balaban J connectivity index is 3.11. The summed E-state index contributed by atoms with van der Waals surface area (Å²) < 4.78 is 28.2. The van der Waals surface area contributed by atoms with Crippen molar-refractivity contribution in [3.05, 3.63) is 27.7 Å². The van der Waals surface area contributed by atoms with Crippen LogP contribution in [0, 0.1) is 0 Å². The van der Waals surface area contributed by atoms with E-state index in [9.17, 15) is 8.78 Å². The molecule has 0 radical (unpaired) electrons. The smallest absolute Gasteiger partial charge is 0.387 e. The van der Waals surface area contributed by atoms with Crippen LogP contribution < -0.4 is 4.74 Å². The quantitative estimate of drug-likeness (QED) is 0.748. The van der Waals surface area contributed by atoms with E-state index in [1.165, 1.54) is 12.1 Å². The van der Waals surface area contributed by atoms with Gasteiger partial charge in [0.2, 0.25) is 0 Å². The first-order chi connectivity index (χ1) is 6.54. The Morgan fingerprint density at radius 3 is 2.50 bits per heavy atom. The summed E-state index contributed by atoms with van der Waals surface area (Å²) in [4.78, 5) is 0. The number of hydrogen-bond donors (Lipinski definition) is 0. The molecule has 1 nitrogen and oxygen atoms in total. The van der Waals surface area contributed by atoms with Crippen LogP contribution in [0.1, 0.15) is 5.56 Å². The Bertz CT molecular complexity index is 333. The molecule has 0 aliphatic heterocycles. The monoisotopic (exact) mass is 304 g/mol. The van der Waals surface area contributed by atoms with Crippen molar-refractivity contribution in [3.63, 3.8) is 0 Å². The summed E-state index contributed by atoms with van der Waals surface area (Å²) in [6.07, 6.45) is 0. The van der Waals surface area contributed by atoms with Gasteiger partial charge in [-0.05, 0) is 12.1 Å². The van der Waals surface area contributed by atoms with Crippen LogP contribution in [0.2, 0.25) is 10.0 Å². The van der Waals surface area contributed by atoms with Gasteiger partial charge in [-0.1, -0.05) is 39.1 Å². The standard InChI is InChI=1S/C8H5BrCl2F2O/c9-3-4-1-5(10)2-6(11)7(4)14-8(12)13/h1-2,8H,3H2. The first-order valence-electron chi connectivity index (χ1n) is 3.53. The fourth-order valence-electron chi connectivity index (χ4n) is 0.934. The number of hydrogen-bond acceptors (Lipinski definition) is 1. The Morgan fingerprint density at radius 2 is 2.00 bits per heavy atom.